The number of halogens is 1. The Labute approximate surface area is 115 Å². The lowest BCUT2D eigenvalue weighted by Gasteiger charge is -2.06. The molecule has 0 unspecified atom stereocenters. The number of nitrogens with zero attached hydrogens (tertiary/aromatic N) is 3. The van der Waals surface area contributed by atoms with Gasteiger partial charge in [-0.05, 0) is 36.5 Å². The predicted molar refractivity (Wildman–Crippen MR) is 77.4 cm³/mol. The number of unbranched alkanes of at least 4 members (excludes halogenated alkanes) is 2. The van der Waals surface area contributed by atoms with E-state index in [9.17, 15) is 0 Å². The summed E-state index contributed by atoms with van der Waals surface area (Å²) in [5.74, 6) is 1.98. The van der Waals surface area contributed by atoms with Crippen molar-refractivity contribution in [1.29, 1.82) is 0 Å². The second-order valence-electron chi connectivity index (χ2n) is 3.95. The molecule has 0 spiro atoms. The maximum atomic E-state index is 5.85. The molecule has 0 saturated carbocycles. The van der Waals surface area contributed by atoms with E-state index in [1.807, 2.05) is 11.8 Å². The van der Waals surface area contributed by atoms with Crippen LogP contribution >= 0.6 is 23.4 Å². The van der Waals surface area contributed by atoms with Gasteiger partial charge in [-0.2, -0.15) is 26.8 Å². The van der Waals surface area contributed by atoms with Crippen LogP contribution < -0.4 is 5.32 Å². The third-order valence-corrected chi connectivity index (χ3v) is 3.47. The van der Waals surface area contributed by atoms with Gasteiger partial charge in [0.1, 0.15) is 5.82 Å². The molecule has 2 N–H and O–H groups in total. The van der Waals surface area contributed by atoms with Gasteiger partial charge in [-0.25, -0.2) is 0 Å². The Kier molecular flexibility index (Phi) is 5.07. The molecule has 98 valence electrons. The van der Waals surface area contributed by atoms with Crippen molar-refractivity contribution >= 4 is 40.2 Å². The average molecular weight is 286 g/mol. The van der Waals surface area contributed by atoms with Gasteiger partial charge in [0.05, 0.1) is 11.6 Å². The van der Waals surface area contributed by atoms with E-state index in [0.29, 0.717) is 5.65 Å². The van der Waals surface area contributed by atoms with Gasteiger partial charge in [0.25, 0.3) is 0 Å². The fraction of sp³-hybridized carbons (Fsp3) is 0.545. The van der Waals surface area contributed by atoms with Gasteiger partial charge in [0, 0.05) is 6.54 Å². The van der Waals surface area contributed by atoms with Crippen molar-refractivity contribution in [2.24, 2.45) is 0 Å². The van der Waals surface area contributed by atoms with Crippen molar-refractivity contribution in [3.05, 3.63) is 11.5 Å². The molecule has 2 aromatic heterocycles. The van der Waals surface area contributed by atoms with Crippen molar-refractivity contribution in [3.63, 3.8) is 0 Å². The third-order valence-electron chi connectivity index (χ3n) is 2.60. The molecule has 0 aliphatic rings. The highest BCUT2D eigenvalue weighted by molar-refractivity contribution is 7.98. The maximum absolute atomic E-state index is 5.85. The van der Waals surface area contributed by atoms with Crippen LogP contribution in [0.25, 0.3) is 11.0 Å². The highest BCUT2D eigenvalue weighted by Crippen LogP contribution is 2.19. The lowest BCUT2D eigenvalue weighted by molar-refractivity contribution is 0.748. The second-order valence-corrected chi connectivity index (χ2v) is 5.28. The molecule has 0 amide bonds. The van der Waals surface area contributed by atoms with E-state index in [2.05, 4.69) is 31.7 Å². The van der Waals surface area contributed by atoms with Crippen LogP contribution in [0.4, 0.5) is 5.82 Å². The van der Waals surface area contributed by atoms with E-state index < -0.39 is 0 Å². The van der Waals surface area contributed by atoms with Crippen LogP contribution in [-0.2, 0) is 0 Å². The summed E-state index contributed by atoms with van der Waals surface area (Å²) in [5, 5.41) is 11.1. The van der Waals surface area contributed by atoms with Gasteiger partial charge in [0.15, 0.2) is 5.65 Å². The summed E-state index contributed by atoms with van der Waals surface area (Å²) < 4.78 is 0. The molecule has 0 radical (unpaired) electrons. The quantitative estimate of drug-likeness (QED) is 0.605. The summed E-state index contributed by atoms with van der Waals surface area (Å²) in [4.78, 5) is 8.25. The van der Waals surface area contributed by atoms with Gasteiger partial charge >= 0.3 is 0 Å². The van der Waals surface area contributed by atoms with E-state index in [4.69, 9.17) is 11.6 Å². The van der Waals surface area contributed by atoms with Crippen LogP contribution in [0.3, 0.4) is 0 Å². The Morgan fingerprint density at radius 1 is 1.33 bits per heavy atom. The molecule has 7 heteroatoms. The summed E-state index contributed by atoms with van der Waals surface area (Å²) in [5.41, 5.74) is 0.667. The molecule has 2 aromatic rings. The summed E-state index contributed by atoms with van der Waals surface area (Å²) in [7, 11) is 0. The minimum absolute atomic E-state index is 0.233. The molecule has 0 bridgehead atoms. The number of hydrogen-bond acceptors (Lipinski definition) is 5. The normalized spacial score (nSPS) is 11.0. The van der Waals surface area contributed by atoms with Crippen molar-refractivity contribution in [2.75, 3.05) is 23.9 Å². The summed E-state index contributed by atoms with van der Waals surface area (Å²) in [6, 6.07) is 0. The van der Waals surface area contributed by atoms with Crippen molar-refractivity contribution in [3.8, 4) is 0 Å². The van der Waals surface area contributed by atoms with Crippen molar-refractivity contribution in [2.45, 2.75) is 19.3 Å². The van der Waals surface area contributed by atoms with Gasteiger partial charge < -0.3 is 5.32 Å². The Bertz CT molecular complexity index is 501. The molecule has 0 atom stereocenters. The Morgan fingerprint density at radius 2 is 2.22 bits per heavy atom. The zero-order valence-corrected chi connectivity index (χ0v) is 11.8. The number of hydrogen-bond donors (Lipinski definition) is 2. The van der Waals surface area contributed by atoms with Gasteiger partial charge in [-0.1, -0.05) is 6.42 Å². The first-order chi connectivity index (χ1) is 8.81. The zero-order chi connectivity index (χ0) is 12.8. The molecular formula is C11H16ClN5S. The molecule has 0 aliphatic heterocycles. The summed E-state index contributed by atoms with van der Waals surface area (Å²) in [6.45, 7) is 0.891. The SMILES string of the molecule is CSCCCCCNc1nc(Cl)nc2[nH]ncc12. The molecule has 0 saturated heterocycles. The molecule has 0 aliphatic carbocycles. The number of aromatic amines is 1. The second kappa shape index (κ2) is 6.80. The minimum atomic E-state index is 0.233. The van der Waals surface area contributed by atoms with E-state index in [1.54, 1.807) is 6.20 Å². The van der Waals surface area contributed by atoms with Gasteiger partial charge in [-0.15, -0.1) is 0 Å². The first-order valence-corrected chi connectivity index (χ1v) is 7.68. The van der Waals surface area contributed by atoms with Crippen LogP contribution in [0.1, 0.15) is 19.3 Å². The van der Waals surface area contributed by atoms with Crippen molar-refractivity contribution in [1.82, 2.24) is 20.2 Å². The summed E-state index contributed by atoms with van der Waals surface area (Å²) >= 11 is 7.74. The van der Waals surface area contributed by atoms with Crippen LogP contribution in [0.2, 0.25) is 5.28 Å². The molecular weight excluding hydrogens is 270 g/mol. The minimum Gasteiger partial charge on any atom is -0.369 e. The number of nitrogens with one attached hydrogen (secondary N) is 2. The topological polar surface area (TPSA) is 66.5 Å². The highest BCUT2D eigenvalue weighted by Gasteiger charge is 2.07. The largest absolute Gasteiger partial charge is 0.369 e. The molecule has 2 heterocycles. The van der Waals surface area contributed by atoms with E-state index in [-0.39, 0.29) is 5.28 Å². The van der Waals surface area contributed by atoms with E-state index in [0.717, 1.165) is 24.2 Å². The standard InChI is InChI=1S/C11H16ClN5S/c1-18-6-4-2-3-5-13-9-8-7-14-17-10(8)16-11(12)15-9/h7H,2-6H2,1H3,(H2,13,14,15,16,17). The number of fused-ring (bicyclic) bond motifs is 1. The van der Waals surface area contributed by atoms with Gasteiger partial charge in [-0.3, -0.25) is 5.10 Å². The first-order valence-electron chi connectivity index (χ1n) is 5.90. The Morgan fingerprint density at radius 3 is 3.06 bits per heavy atom. The molecule has 0 fully saturated rings. The number of thioether (sulfide) groups is 1. The maximum Gasteiger partial charge on any atom is 0.226 e. The van der Waals surface area contributed by atoms with Crippen molar-refractivity contribution < 1.29 is 0 Å². The number of rotatable bonds is 7. The molecule has 18 heavy (non-hydrogen) atoms. The van der Waals surface area contributed by atoms with E-state index >= 15 is 0 Å². The monoisotopic (exact) mass is 285 g/mol. The molecule has 0 aromatic carbocycles. The Hall–Kier alpha value is -1.01. The number of H-pyrrole nitrogens is 1. The highest BCUT2D eigenvalue weighted by atomic mass is 35.5. The molecule has 2 rings (SSSR count). The van der Waals surface area contributed by atoms with Crippen LogP contribution in [-0.4, -0.2) is 38.7 Å². The lowest BCUT2D eigenvalue weighted by Crippen LogP contribution is -2.04. The number of anilines is 1. The predicted octanol–water partition coefficient (Wildman–Crippen LogP) is 2.95. The van der Waals surface area contributed by atoms with E-state index in [1.165, 1.54) is 18.6 Å². The van der Waals surface area contributed by atoms with Crippen LogP contribution in [0.5, 0.6) is 0 Å². The molecule has 5 nitrogen and oxygen atoms in total. The smallest absolute Gasteiger partial charge is 0.226 e. The van der Waals surface area contributed by atoms with Crippen LogP contribution in [0.15, 0.2) is 6.20 Å². The average Bonchev–Trinajstić information content (AvgIpc) is 2.81. The lowest BCUT2D eigenvalue weighted by atomic mass is 10.2. The number of aromatic nitrogens is 4. The fourth-order valence-corrected chi connectivity index (χ4v) is 2.36. The van der Waals surface area contributed by atoms with Crippen LogP contribution in [0, 0.1) is 0 Å². The summed E-state index contributed by atoms with van der Waals surface area (Å²) in [6.07, 6.45) is 7.45. The zero-order valence-electron chi connectivity index (χ0n) is 10.2. The van der Waals surface area contributed by atoms with Gasteiger partial charge in [0.2, 0.25) is 5.28 Å². The third kappa shape index (κ3) is 3.49. The fourth-order valence-electron chi connectivity index (χ4n) is 1.70. The Balaban J connectivity index is 1.89. The first kappa shape index (κ1) is 13.4.